The standard InChI is InChI=1S/C33H54N4O6S2/c1-19(2)15-22-9-14-42-30-23(16-22)17-35-26(30)32(41)36-25(31-28(39)27(38)29(40)33(43-31)44-4)20(3)45-24-7-5-21(6-8-24)18-37-12-10-34-11-13-37/h5-8,19-20,22-23,25-31,33-35,38-40H,9-18H2,1-4H3,(H,36,41)/t20-,22-,23-,25+,26-,27?,28?,29?,30+,31?,33?/m0/s1. The number of amides is 1. The first-order valence-corrected chi connectivity index (χ1v) is 18.9. The molecule has 6 N–H and O–H groups in total. The van der Waals surface area contributed by atoms with Crippen molar-refractivity contribution in [3.05, 3.63) is 29.8 Å². The van der Waals surface area contributed by atoms with Gasteiger partial charge in [-0.25, -0.2) is 0 Å². The topological polar surface area (TPSA) is 136 Å². The number of nitrogens with one attached hydrogen (secondary N) is 3. The summed E-state index contributed by atoms with van der Waals surface area (Å²) in [7, 11) is 0. The van der Waals surface area contributed by atoms with Crippen LogP contribution in [-0.4, -0.2) is 125 Å². The number of aliphatic hydroxyl groups excluding tert-OH is 3. The number of nitrogens with zero attached hydrogens (tertiary/aromatic N) is 1. The van der Waals surface area contributed by atoms with Crippen LogP contribution >= 0.6 is 23.5 Å². The van der Waals surface area contributed by atoms with Gasteiger partial charge in [-0.3, -0.25) is 9.69 Å². The van der Waals surface area contributed by atoms with E-state index in [2.05, 4.69) is 59.0 Å². The number of carbonyl (C=O) groups excluding carboxylic acids is 1. The number of fused-ring (bicyclic) bond motifs is 1. The summed E-state index contributed by atoms with van der Waals surface area (Å²) in [6.45, 7) is 12.9. The fraction of sp³-hybridized carbons (Fsp3) is 0.788. The van der Waals surface area contributed by atoms with E-state index in [0.29, 0.717) is 18.4 Å². The minimum absolute atomic E-state index is 0.189. The van der Waals surface area contributed by atoms with Crippen LogP contribution in [0, 0.1) is 17.8 Å². The van der Waals surface area contributed by atoms with Gasteiger partial charge in [0.25, 0.3) is 0 Å². The number of aliphatic hydroxyl groups is 3. The third-order valence-corrected chi connectivity index (χ3v) is 11.9. The lowest BCUT2D eigenvalue weighted by Crippen LogP contribution is -2.65. The molecule has 1 aromatic rings. The van der Waals surface area contributed by atoms with Crippen molar-refractivity contribution >= 4 is 29.4 Å². The normalized spacial score (nSPS) is 35.9. The predicted octanol–water partition coefficient (Wildman–Crippen LogP) is 1.66. The Morgan fingerprint density at radius 3 is 2.51 bits per heavy atom. The molecule has 0 saturated carbocycles. The van der Waals surface area contributed by atoms with Gasteiger partial charge in [0.05, 0.1) is 12.1 Å². The summed E-state index contributed by atoms with van der Waals surface area (Å²) in [6, 6.07) is 7.36. The van der Waals surface area contributed by atoms with Crippen LogP contribution in [0.4, 0.5) is 0 Å². The second-order valence-electron chi connectivity index (χ2n) is 13.7. The summed E-state index contributed by atoms with van der Waals surface area (Å²) in [5, 5.41) is 42.3. The molecule has 254 valence electrons. The van der Waals surface area contributed by atoms with Crippen LogP contribution in [0.25, 0.3) is 0 Å². The number of hydrogen-bond acceptors (Lipinski definition) is 11. The Bertz CT molecular complexity index is 1080. The van der Waals surface area contributed by atoms with Gasteiger partial charge in [0, 0.05) is 56.0 Å². The summed E-state index contributed by atoms with van der Waals surface area (Å²) in [4.78, 5) is 17.5. The lowest BCUT2D eigenvalue weighted by Gasteiger charge is -2.44. The Labute approximate surface area is 277 Å². The van der Waals surface area contributed by atoms with Crippen molar-refractivity contribution in [1.29, 1.82) is 0 Å². The summed E-state index contributed by atoms with van der Waals surface area (Å²) < 4.78 is 12.5. The van der Waals surface area contributed by atoms with Crippen molar-refractivity contribution in [2.45, 2.75) is 105 Å². The molecule has 4 aliphatic rings. The third kappa shape index (κ3) is 8.95. The van der Waals surface area contributed by atoms with E-state index in [0.717, 1.165) is 57.0 Å². The van der Waals surface area contributed by atoms with E-state index >= 15 is 0 Å². The smallest absolute Gasteiger partial charge is 0.240 e. The first-order valence-electron chi connectivity index (χ1n) is 16.7. The molecule has 0 spiro atoms. The fourth-order valence-electron chi connectivity index (χ4n) is 7.45. The van der Waals surface area contributed by atoms with E-state index in [1.807, 2.05) is 6.92 Å². The Hall–Kier alpha value is -0.930. The van der Waals surface area contributed by atoms with Gasteiger partial charge in [-0.2, -0.15) is 0 Å². The average Bonchev–Trinajstić information content (AvgIpc) is 3.31. The number of ether oxygens (including phenoxy) is 2. The third-order valence-electron chi connectivity index (χ3n) is 9.82. The monoisotopic (exact) mass is 666 g/mol. The molecule has 4 fully saturated rings. The van der Waals surface area contributed by atoms with Crippen LogP contribution in [0.5, 0.6) is 0 Å². The minimum atomic E-state index is -1.39. The van der Waals surface area contributed by atoms with Gasteiger partial charge in [0.2, 0.25) is 5.91 Å². The maximum absolute atomic E-state index is 14.0. The van der Waals surface area contributed by atoms with Gasteiger partial charge < -0.3 is 40.7 Å². The van der Waals surface area contributed by atoms with Crippen molar-refractivity contribution in [2.75, 3.05) is 45.6 Å². The van der Waals surface area contributed by atoms with Gasteiger partial charge in [0.15, 0.2) is 0 Å². The van der Waals surface area contributed by atoms with E-state index in [1.165, 1.54) is 23.7 Å². The largest absolute Gasteiger partial charge is 0.388 e. The molecule has 4 aliphatic heterocycles. The summed E-state index contributed by atoms with van der Waals surface area (Å²) in [5.41, 5.74) is 0.525. The second-order valence-corrected chi connectivity index (χ2v) is 16.1. The number of benzene rings is 1. The zero-order valence-electron chi connectivity index (χ0n) is 27.1. The number of thioether (sulfide) groups is 2. The molecule has 0 radical (unpaired) electrons. The Balaban J connectivity index is 1.30. The molecular formula is C33H54N4O6S2. The van der Waals surface area contributed by atoms with Crippen LogP contribution in [0.3, 0.4) is 0 Å². The molecular weight excluding hydrogens is 613 g/mol. The number of piperazine rings is 1. The van der Waals surface area contributed by atoms with Crippen molar-refractivity contribution < 1.29 is 29.6 Å². The van der Waals surface area contributed by atoms with Gasteiger partial charge >= 0.3 is 0 Å². The molecule has 4 saturated heterocycles. The highest BCUT2D eigenvalue weighted by molar-refractivity contribution is 8.00. The van der Waals surface area contributed by atoms with Crippen LogP contribution in [0.15, 0.2) is 29.2 Å². The number of carbonyl (C=O) groups is 1. The molecule has 45 heavy (non-hydrogen) atoms. The fourth-order valence-corrected chi connectivity index (χ4v) is 9.22. The highest BCUT2D eigenvalue weighted by Gasteiger charge is 2.50. The molecule has 10 nitrogen and oxygen atoms in total. The molecule has 4 heterocycles. The quantitative estimate of drug-likeness (QED) is 0.193. The molecule has 5 unspecified atom stereocenters. The molecule has 1 aromatic carbocycles. The van der Waals surface area contributed by atoms with E-state index < -0.39 is 41.9 Å². The first-order chi connectivity index (χ1) is 21.6. The summed E-state index contributed by atoms with van der Waals surface area (Å²) in [5.74, 6) is 1.30. The predicted molar refractivity (Wildman–Crippen MR) is 179 cm³/mol. The van der Waals surface area contributed by atoms with E-state index in [9.17, 15) is 20.1 Å². The highest BCUT2D eigenvalue weighted by atomic mass is 32.2. The van der Waals surface area contributed by atoms with Gasteiger partial charge in [-0.15, -0.1) is 23.5 Å². The van der Waals surface area contributed by atoms with Crippen molar-refractivity contribution in [1.82, 2.24) is 20.9 Å². The maximum atomic E-state index is 14.0. The molecule has 0 aliphatic carbocycles. The van der Waals surface area contributed by atoms with Crippen LogP contribution in [0.1, 0.15) is 45.6 Å². The van der Waals surface area contributed by atoms with Crippen molar-refractivity contribution in [3.63, 3.8) is 0 Å². The lowest BCUT2D eigenvalue weighted by atomic mass is 9.85. The van der Waals surface area contributed by atoms with E-state index in [1.54, 1.807) is 18.0 Å². The lowest BCUT2D eigenvalue weighted by molar-refractivity contribution is -0.205. The Morgan fingerprint density at radius 2 is 1.82 bits per heavy atom. The Kier molecular flexibility index (Phi) is 12.9. The average molecular weight is 667 g/mol. The molecule has 5 rings (SSSR count). The maximum Gasteiger partial charge on any atom is 0.240 e. The zero-order valence-corrected chi connectivity index (χ0v) is 28.8. The molecule has 11 atom stereocenters. The van der Waals surface area contributed by atoms with Gasteiger partial charge in [0.1, 0.15) is 35.9 Å². The van der Waals surface area contributed by atoms with E-state index in [-0.39, 0.29) is 23.2 Å². The second kappa shape index (κ2) is 16.5. The molecule has 12 heteroatoms. The van der Waals surface area contributed by atoms with E-state index in [4.69, 9.17) is 9.47 Å². The highest BCUT2D eigenvalue weighted by Crippen LogP contribution is 2.36. The Morgan fingerprint density at radius 1 is 1.09 bits per heavy atom. The van der Waals surface area contributed by atoms with Crippen LogP contribution in [-0.2, 0) is 20.8 Å². The zero-order chi connectivity index (χ0) is 32.1. The van der Waals surface area contributed by atoms with Crippen molar-refractivity contribution in [3.8, 4) is 0 Å². The number of hydrogen-bond donors (Lipinski definition) is 6. The molecule has 1 amide bonds. The first kappa shape index (κ1) is 35.4. The van der Waals surface area contributed by atoms with Crippen molar-refractivity contribution in [2.24, 2.45) is 17.8 Å². The minimum Gasteiger partial charge on any atom is -0.388 e. The van der Waals surface area contributed by atoms with Gasteiger partial charge in [-0.1, -0.05) is 32.9 Å². The summed E-state index contributed by atoms with van der Waals surface area (Å²) >= 11 is 2.87. The summed E-state index contributed by atoms with van der Waals surface area (Å²) in [6.07, 6.45) is -0.0943. The molecule has 0 bridgehead atoms. The van der Waals surface area contributed by atoms with Crippen LogP contribution in [0.2, 0.25) is 0 Å². The SMILES string of the molecule is CSC1OC([C@H](NC(=O)[C@H]2NC[C@@H]3C[C@H](CC(C)C)CCO[C@H]32)[C@H](C)Sc2ccc(CN3CCNCC3)cc2)C(O)C(O)C1O. The van der Waals surface area contributed by atoms with Gasteiger partial charge in [-0.05, 0) is 61.0 Å². The molecule has 0 aromatic heterocycles. The number of rotatable bonds is 11. The van der Waals surface area contributed by atoms with Crippen LogP contribution < -0.4 is 16.0 Å².